The van der Waals surface area contributed by atoms with Crippen molar-refractivity contribution in [3.8, 4) is 0 Å². The largest absolute Gasteiger partial charge is 0.203 e. The van der Waals surface area contributed by atoms with Gasteiger partial charge in [-0.05, 0) is 31.0 Å². The first-order valence-corrected chi connectivity index (χ1v) is 3.65. The molecular weight excluding hydrogens is 158 g/mol. The molecule has 0 nitrogen and oxygen atoms in total. The predicted molar refractivity (Wildman–Crippen MR) is 45.9 cm³/mol. The van der Waals surface area contributed by atoms with E-state index >= 15 is 0 Å². The molecular formula is C10H10F2. The summed E-state index contributed by atoms with van der Waals surface area (Å²) < 4.78 is 26.0. The second-order valence-corrected chi connectivity index (χ2v) is 2.74. The van der Waals surface area contributed by atoms with Crippen molar-refractivity contribution in [3.05, 3.63) is 41.0 Å². The average Bonchev–Trinajstić information content (AvgIpc) is 2.08. The molecule has 0 unspecified atom stereocenters. The van der Waals surface area contributed by atoms with Crippen LogP contribution in [0.4, 0.5) is 8.78 Å². The number of aryl methyl sites for hydroxylation is 1. The molecule has 1 aromatic carbocycles. The molecule has 0 fully saturated rings. The Labute approximate surface area is 70.5 Å². The average molecular weight is 168 g/mol. The van der Waals surface area contributed by atoms with E-state index in [-0.39, 0.29) is 5.56 Å². The van der Waals surface area contributed by atoms with Crippen molar-refractivity contribution < 1.29 is 8.78 Å². The van der Waals surface area contributed by atoms with Crippen LogP contribution in [-0.2, 0) is 0 Å². The van der Waals surface area contributed by atoms with Crippen molar-refractivity contribution in [1.29, 1.82) is 0 Å². The molecule has 0 aliphatic heterocycles. The minimum Gasteiger partial charge on any atom is -0.203 e. The summed E-state index contributed by atoms with van der Waals surface area (Å²) in [4.78, 5) is 0. The van der Waals surface area contributed by atoms with Crippen LogP contribution in [0.2, 0.25) is 0 Å². The topological polar surface area (TPSA) is 0 Å². The number of benzene rings is 1. The second kappa shape index (κ2) is 3.05. The molecule has 12 heavy (non-hydrogen) atoms. The molecule has 0 saturated heterocycles. The fraction of sp³-hybridized carbons (Fsp3) is 0.200. The normalized spacial score (nSPS) is 10.0. The number of rotatable bonds is 1. The summed E-state index contributed by atoms with van der Waals surface area (Å²) in [5.41, 5.74) is 1.32. The van der Waals surface area contributed by atoms with Crippen molar-refractivity contribution in [3.63, 3.8) is 0 Å². The fourth-order valence-corrected chi connectivity index (χ4v) is 1.02. The molecule has 0 amide bonds. The van der Waals surface area contributed by atoms with Crippen LogP contribution < -0.4 is 0 Å². The summed E-state index contributed by atoms with van der Waals surface area (Å²) in [5, 5.41) is 0. The quantitative estimate of drug-likeness (QED) is 0.604. The molecule has 0 bridgehead atoms. The number of hydrogen-bond donors (Lipinski definition) is 0. The highest BCUT2D eigenvalue weighted by atomic mass is 19.2. The maximum Gasteiger partial charge on any atom is 0.166 e. The lowest BCUT2D eigenvalue weighted by Crippen LogP contribution is -1.95. The highest BCUT2D eigenvalue weighted by molar-refractivity contribution is 5.51. The fourth-order valence-electron chi connectivity index (χ4n) is 1.02. The third-order valence-electron chi connectivity index (χ3n) is 1.96. The molecule has 1 rings (SSSR count). The van der Waals surface area contributed by atoms with E-state index in [2.05, 4.69) is 6.58 Å². The van der Waals surface area contributed by atoms with E-state index in [1.54, 1.807) is 19.9 Å². The minimum absolute atomic E-state index is 0.218. The molecule has 0 saturated carbocycles. The summed E-state index contributed by atoms with van der Waals surface area (Å²) in [5.74, 6) is -1.59. The maximum absolute atomic E-state index is 13.0. The van der Waals surface area contributed by atoms with Crippen LogP contribution in [0.15, 0.2) is 12.6 Å². The zero-order valence-electron chi connectivity index (χ0n) is 7.12. The van der Waals surface area contributed by atoms with Gasteiger partial charge in [-0.3, -0.25) is 0 Å². The van der Waals surface area contributed by atoms with Gasteiger partial charge in [0.1, 0.15) is 0 Å². The highest BCUT2D eigenvalue weighted by Crippen LogP contribution is 2.20. The minimum atomic E-state index is -0.812. The van der Waals surface area contributed by atoms with E-state index in [1.807, 2.05) is 0 Å². The van der Waals surface area contributed by atoms with E-state index in [0.29, 0.717) is 5.56 Å². The van der Waals surface area contributed by atoms with Crippen molar-refractivity contribution in [2.75, 3.05) is 0 Å². The van der Waals surface area contributed by atoms with Crippen molar-refractivity contribution >= 4 is 6.08 Å². The molecule has 0 heterocycles. The Kier molecular flexibility index (Phi) is 2.27. The lowest BCUT2D eigenvalue weighted by molar-refractivity contribution is 0.500. The van der Waals surface area contributed by atoms with Gasteiger partial charge in [0.05, 0.1) is 0 Å². The number of halogens is 2. The van der Waals surface area contributed by atoms with E-state index in [9.17, 15) is 8.78 Å². The Morgan fingerprint density at radius 3 is 2.33 bits per heavy atom. The molecule has 0 aromatic heterocycles. The molecule has 0 spiro atoms. The predicted octanol–water partition coefficient (Wildman–Crippen LogP) is 3.22. The number of hydrogen-bond acceptors (Lipinski definition) is 0. The van der Waals surface area contributed by atoms with Crippen molar-refractivity contribution in [2.45, 2.75) is 13.8 Å². The van der Waals surface area contributed by atoms with Crippen molar-refractivity contribution in [2.24, 2.45) is 0 Å². The van der Waals surface area contributed by atoms with Gasteiger partial charge >= 0.3 is 0 Å². The van der Waals surface area contributed by atoms with Gasteiger partial charge in [-0.25, -0.2) is 8.78 Å². The Hall–Kier alpha value is -1.18. The summed E-state index contributed by atoms with van der Waals surface area (Å²) in [7, 11) is 0. The Balaban J connectivity index is 3.49. The Morgan fingerprint density at radius 1 is 1.25 bits per heavy atom. The summed E-state index contributed by atoms with van der Waals surface area (Å²) >= 11 is 0. The Bertz CT molecular complexity index is 327. The van der Waals surface area contributed by atoms with Gasteiger partial charge in [-0.2, -0.15) is 0 Å². The molecule has 0 atom stereocenters. The highest BCUT2D eigenvalue weighted by Gasteiger charge is 2.10. The molecule has 0 aliphatic carbocycles. The lowest BCUT2D eigenvalue weighted by Gasteiger charge is -2.05. The monoisotopic (exact) mass is 168 g/mol. The van der Waals surface area contributed by atoms with Crippen LogP contribution >= 0.6 is 0 Å². The van der Waals surface area contributed by atoms with Gasteiger partial charge in [0.15, 0.2) is 11.6 Å². The van der Waals surface area contributed by atoms with Gasteiger partial charge in [-0.15, -0.1) is 0 Å². The van der Waals surface area contributed by atoms with Crippen LogP contribution in [0.3, 0.4) is 0 Å². The van der Waals surface area contributed by atoms with E-state index < -0.39 is 11.6 Å². The van der Waals surface area contributed by atoms with Crippen LogP contribution in [-0.4, -0.2) is 0 Å². The summed E-state index contributed by atoms with van der Waals surface area (Å²) in [6.45, 7) is 6.69. The second-order valence-electron chi connectivity index (χ2n) is 2.74. The van der Waals surface area contributed by atoms with Gasteiger partial charge in [0.25, 0.3) is 0 Å². The zero-order valence-corrected chi connectivity index (χ0v) is 7.12. The maximum atomic E-state index is 13.0. The van der Waals surface area contributed by atoms with Crippen LogP contribution in [0.1, 0.15) is 16.7 Å². The van der Waals surface area contributed by atoms with Crippen LogP contribution in [0.5, 0.6) is 0 Å². The molecule has 0 aliphatic rings. The summed E-state index contributed by atoms with van der Waals surface area (Å²) in [6.07, 6.45) is 1.31. The third-order valence-corrected chi connectivity index (χ3v) is 1.96. The standard InChI is InChI=1S/C10H10F2/c1-4-8-5-6(2)7(3)9(11)10(8)12/h4-5H,1H2,2-3H3. The molecule has 0 N–H and O–H groups in total. The van der Waals surface area contributed by atoms with Crippen molar-refractivity contribution in [1.82, 2.24) is 0 Å². The molecule has 2 heteroatoms. The molecule has 1 aromatic rings. The SMILES string of the molecule is C=Cc1cc(C)c(C)c(F)c1F. The molecule has 0 radical (unpaired) electrons. The summed E-state index contributed by atoms with van der Waals surface area (Å²) in [6, 6.07) is 1.58. The van der Waals surface area contributed by atoms with Crippen LogP contribution in [0, 0.1) is 25.5 Å². The van der Waals surface area contributed by atoms with Crippen LogP contribution in [0.25, 0.3) is 6.08 Å². The van der Waals surface area contributed by atoms with E-state index in [0.717, 1.165) is 5.56 Å². The first-order chi connectivity index (χ1) is 5.57. The van der Waals surface area contributed by atoms with E-state index in [4.69, 9.17) is 0 Å². The lowest BCUT2D eigenvalue weighted by atomic mass is 10.0. The van der Waals surface area contributed by atoms with E-state index in [1.165, 1.54) is 6.08 Å². The van der Waals surface area contributed by atoms with Gasteiger partial charge in [0.2, 0.25) is 0 Å². The smallest absolute Gasteiger partial charge is 0.166 e. The first-order valence-electron chi connectivity index (χ1n) is 3.65. The van der Waals surface area contributed by atoms with Gasteiger partial charge in [-0.1, -0.05) is 12.7 Å². The zero-order chi connectivity index (χ0) is 9.30. The molecule has 64 valence electrons. The third kappa shape index (κ3) is 1.24. The van der Waals surface area contributed by atoms with Gasteiger partial charge < -0.3 is 0 Å². The Morgan fingerprint density at radius 2 is 1.83 bits per heavy atom. The first kappa shape index (κ1) is 8.91. The van der Waals surface area contributed by atoms with Gasteiger partial charge in [0, 0.05) is 5.56 Å².